The molecule has 18 heavy (non-hydrogen) atoms. The molecule has 0 bridgehead atoms. The van der Waals surface area contributed by atoms with E-state index in [0.29, 0.717) is 12.4 Å². The van der Waals surface area contributed by atoms with Crippen LogP contribution in [0.5, 0.6) is 0 Å². The van der Waals surface area contributed by atoms with Gasteiger partial charge in [-0.2, -0.15) is 0 Å². The summed E-state index contributed by atoms with van der Waals surface area (Å²) in [6.07, 6.45) is 0.834. The summed E-state index contributed by atoms with van der Waals surface area (Å²) in [6.45, 7) is 2.59. The molecule has 3 atom stereocenters. The first-order valence-electron chi connectivity index (χ1n) is 5.89. The molecule has 0 aromatic heterocycles. The predicted molar refractivity (Wildman–Crippen MR) is 69.1 cm³/mol. The molecule has 5 heteroatoms. The molecule has 1 heterocycles. The summed E-state index contributed by atoms with van der Waals surface area (Å²) in [5.74, 6) is -0.570. The average molecular weight is 268 g/mol. The van der Waals surface area contributed by atoms with Gasteiger partial charge in [-0.15, -0.1) is 0 Å². The molecule has 4 nitrogen and oxygen atoms in total. The minimum Gasteiger partial charge on any atom is -0.478 e. The van der Waals surface area contributed by atoms with Crippen LogP contribution in [0.4, 0.5) is 0 Å². The molecule has 0 amide bonds. The van der Waals surface area contributed by atoms with E-state index in [4.69, 9.17) is 9.84 Å². The van der Waals surface area contributed by atoms with Gasteiger partial charge in [-0.05, 0) is 31.0 Å². The maximum atomic E-state index is 12.2. The Bertz CT molecular complexity index is 472. The van der Waals surface area contributed by atoms with Crippen molar-refractivity contribution in [2.75, 3.05) is 6.61 Å². The van der Waals surface area contributed by atoms with Gasteiger partial charge in [0, 0.05) is 23.2 Å². The summed E-state index contributed by atoms with van der Waals surface area (Å²) < 4.78 is 17.6. The standard InChI is InChI=1S/C13H16O4S/c1-9-12(5-6-17-9)18(16)8-10-3-2-4-11(7-10)13(14)15/h2-4,7,9,12H,5-6,8H2,1H3,(H,14,15). The molecule has 98 valence electrons. The summed E-state index contributed by atoms with van der Waals surface area (Å²) in [4.78, 5) is 10.9. The van der Waals surface area contributed by atoms with Crippen LogP contribution < -0.4 is 0 Å². The van der Waals surface area contributed by atoms with E-state index in [1.54, 1.807) is 12.1 Å². The van der Waals surface area contributed by atoms with Crippen LogP contribution in [-0.4, -0.2) is 33.2 Å². The van der Waals surface area contributed by atoms with E-state index in [1.807, 2.05) is 13.0 Å². The second kappa shape index (κ2) is 5.63. The van der Waals surface area contributed by atoms with Crippen LogP contribution in [0.1, 0.15) is 29.3 Å². The number of hydrogen-bond acceptors (Lipinski definition) is 3. The highest BCUT2D eigenvalue weighted by Crippen LogP contribution is 2.21. The lowest BCUT2D eigenvalue weighted by molar-refractivity contribution is 0.0696. The fourth-order valence-corrected chi connectivity index (χ4v) is 3.71. The van der Waals surface area contributed by atoms with Gasteiger partial charge in [0.25, 0.3) is 0 Å². The van der Waals surface area contributed by atoms with Crippen LogP contribution in [0.25, 0.3) is 0 Å². The number of benzene rings is 1. The molecular weight excluding hydrogens is 252 g/mol. The Morgan fingerprint density at radius 3 is 2.94 bits per heavy atom. The third-order valence-corrected chi connectivity index (χ3v) is 5.04. The van der Waals surface area contributed by atoms with Crippen molar-refractivity contribution in [1.29, 1.82) is 0 Å². The molecule has 0 saturated carbocycles. The number of ether oxygens (including phenoxy) is 1. The van der Waals surface area contributed by atoms with E-state index < -0.39 is 16.8 Å². The van der Waals surface area contributed by atoms with E-state index in [9.17, 15) is 9.00 Å². The van der Waals surface area contributed by atoms with Crippen molar-refractivity contribution < 1.29 is 18.8 Å². The molecule has 0 spiro atoms. The minimum atomic E-state index is -1.02. The monoisotopic (exact) mass is 268 g/mol. The number of carboxylic acid groups (broad SMARTS) is 1. The van der Waals surface area contributed by atoms with Crippen molar-refractivity contribution in [1.82, 2.24) is 0 Å². The van der Waals surface area contributed by atoms with Gasteiger partial charge >= 0.3 is 5.97 Å². The first-order valence-corrected chi connectivity index (χ1v) is 7.27. The Kier molecular flexibility index (Phi) is 4.14. The van der Waals surface area contributed by atoms with Crippen molar-refractivity contribution in [2.24, 2.45) is 0 Å². The molecule has 2 rings (SSSR count). The third kappa shape index (κ3) is 2.97. The smallest absolute Gasteiger partial charge is 0.335 e. The normalized spacial score (nSPS) is 24.9. The maximum absolute atomic E-state index is 12.2. The highest BCUT2D eigenvalue weighted by molar-refractivity contribution is 7.84. The maximum Gasteiger partial charge on any atom is 0.335 e. The van der Waals surface area contributed by atoms with Crippen LogP contribution in [0.3, 0.4) is 0 Å². The van der Waals surface area contributed by atoms with Gasteiger partial charge in [-0.25, -0.2) is 4.79 Å². The number of hydrogen-bond donors (Lipinski definition) is 1. The van der Waals surface area contributed by atoms with Crippen LogP contribution in [0.15, 0.2) is 24.3 Å². The Balaban J connectivity index is 2.07. The molecule has 1 aromatic rings. The van der Waals surface area contributed by atoms with Gasteiger partial charge in [0.05, 0.1) is 16.9 Å². The second-order valence-corrected chi connectivity index (χ2v) is 6.09. The van der Waals surface area contributed by atoms with Crippen molar-refractivity contribution in [3.63, 3.8) is 0 Å². The minimum absolute atomic E-state index is 0.0217. The fraction of sp³-hybridized carbons (Fsp3) is 0.462. The number of carboxylic acids is 1. The summed E-state index contributed by atoms with van der Waals surface area (Å²) in [5, 5.41) is 8.96. The van der Waals surface area contributed by atoms with Gasteiger partial charge < -0.3 is 9.84 Å². The molecular formula is C13H16O4S. The van der Waals surface area contributed by atoms with Crippen molar-refractivity contribution in [3.8, 4) is 0 Å². The molecule has 3 unspecified atom stereocenters. The van der Waals surface area contributed by atoms with E-state index in [2.05, 4.69) is 0 Å². The molecule has 1 N–H and O–H groups in total. The second-order valence-electron chi connectivity index (χ2n) is 4.43. The largest absolute Gasteiger partial charge is 0.478 e. The zero-order chi connectivity index (χ0) is 13.1. The first-order chi connectivity index (χ1) is 8.58. The molecule has 0 aliphatic carbocycles. The van der Waals surface area contributed by atoms with Crippen molar-refractivity contribution in [3.05, 3.63) is 35.4 Å². The average Bonchev–Trinajstić information content (AvgIpc) is 2.76. The summed E-state index contributed by atoms with van der Waals surface area (Å²) in [6, 6.07) is 6.62. The molecule has 1 aliphatic heterocycles. The molecule has 1 aromatic carbocycles. The molecule has 1 aliphatic rings. The Labute approximate surface area is 108 Å². The summed E-state index contributed by atoms with van der Waals surface area (Å²) in [5.41, 5.74) is 1.03. The molecule has 1 saturated heterocycles. The van der Waals surface area contributed by atoms with Crippen LogP contribution in [-0.2, 0) is 21.3 Å². The van der Waals surface area contributed by atoms with Crippen molar-refractivity contribution >= 4 is 16.8 Å². The third-order valence-electron chi connectivity index (χ3n) is 3.13. The zero-order valence-electron chi connectivity index (χ0n) is 10.2. The molecule has 0 radical (unpaired) electrons. The Hall–Kier alpha value is -1.20. The summed E-state index contributed by atoms with van der Waals surface area (Å²) in [7, 11) is -1.02. The van der Waals surface area contributed by atoms with Gasteiger partial charge in [0.2, 0.25) is 0 Å². The highest BCUT2D eigenvalue weighted by Gasteiger charge is 2.29. The Morgan fingerprint density at radius 2 is 2.33 bits per heavy atom. The highest BCUT2D eigenvalue weighted by atomic mass is 32.2. The van der Waals surface area contributed by atoms with E-state index in [-0.39, 0.29) is 16.9 Å². The van der Waals surface area contributed by atoms with E-state index in [0.717, 1.165) is 12.0 Å². The fourth-order valence-electron chi connectivity index (χ4n) is 2.12. The quantitative estimate of drug-likeness (QED) is 0.904. The lowest BCUT2D eigenvalue weighted by atomic mass is 10.1. The van der Waals surface area contributed by atoms with Gasteiger partial charge in [0.1, 0.15) is 0 Å². The topological polar surface area (TPSA) is 63.6 Å². The van der Waals surface area contributed by atoms with Gasteiger partial charge in [-0.1, -0.05) is 12.1 Å². The molecule has 1 fully saturated rings. The SMILES string of the molecule is CC1OCCC1S(=O)Cc1cccc(C(=O)O)c1. The van der Waals surface area contributed by atoms with E-state index >= 15 is 0 Å². The van der Waals surface area contributed by atoms with Gasteiger partial charge in [-0.3, -0.25) is 4.21 Å². The van der Waals surface area contributed by atoms with Gasteiger partial charge in [0.15, 0.2) is 0 Å². The predicted octanol–water partition coefficient (Wildman–Crippen LogP) is 1.81. The number of rotatable bonds is 4. The first kappa shape index (κ1) is 13.2. The number of aromatic carboxylic acids is 1. The van der Waals surface area contributed by atoms with Crippen LogP contribution in [0.2, 0.25) is 0 Å². The Morgan fingerprint density at radius 1 is 1.56 bits per heavy atom. The zero-order valence-corrected chi connectivity index (χ0v) is 11.0. The van der Waals surface area contributed by atoms with E-state index in [1.165, 1.54) is 6.07 Å². The lowest BCUT2D eigenvalue weighted by Crippen LogP contribution is -2.24. The summed E-state index contributed by atoms with van der Waals surface area (Å²) >= 11 is 0. The van der Waals surface area contributed by atoms with Crippen LogP contribution in [0, 0.1) is 0 Å². The van der Waals surface area contributed by atoms with Crippen molar-refractivity contribution in [2.45, 2.75) is 30.5 Å². The van der Waals surface area contributed by atoms with Crippen LogP contribution >= 0.6 is 0 Å². The lowest BCUT2D eigenvalue weighted by Gasteiger charge is -2.13. The number of carbonyl (C=O) groups is 1.